The summed E-state index contributed by atoms with van der Waals surface area (Å²) in [6.45, 7) is 2.70. The summed E-state index contributed by atoms with van der Waals surface area (Å²) in [6, 6.07) is 53.9. The van der Waals surface area contributed by atoms with Gasteiger partial charge in [0.25, 0.3) is 0 Å². The molecule has 0 N–H and O–H groups in total. The van der Waals surface area contributed by atoms with Crippen LogP contribution in [0.15, 0.2) is 169 Å². The minimum absolute atomic E-state index is 0.511. The second-order valence-corrected chi connectivity index (χ2v) is 15.9. The van der Waals surface area contributed by atoms with E-state index in [4.69, 9.17) is 11.2 Å². The third-order valence-electron chi connectivity index (χ3n) is 12.8. The zero-order valence-corrected chi connectivity index (χ0v) is 32.7. The van der Waals surface area contributed by atoms with Crippen molar-refractivity contribution in [1.82, 2.24) is 9.13 Å². The largest absolute Gasteiger partial charge is 0.488 e. The topological polar surface area (TPSA) is 19.1 Å². The van der Waals surface area contributed by atoms with Crippen LogP contribution < -0.4 is 4.74 Å². The van der Waals surface area contributed by atoms with Crippen LogP contribution >= 0.6 is 0 Å². The summed E-state index contributed by atoms with van der Waals surface area (Å²) < 4.78 is 11.2. The number of rotatable bonds is 4. The summed E-state index contributed by atoms with van der Waals surface area (Å²) in [5.41, 5.74) is 14.4. The Bertz CT molecular complexity index is 3540. The Labute approximate surface area is 342 Å². The minimum Gasteiger partial charge on any atom is -0.488 e. The minimum atomic E-state index is 0.511. The first-order valence-corrected chi connectivity index (χ1v) is 20.5. The number of hydrogen-bond acceptors (Lipinski definition) is 1. The van der Waals surface area contributed by atoms with Gasteiger partial charge in [-0.15, -0.1) is 6.42 Å². The summed E-state index contributed by atoms with van der Waals surface area (Å²) in [7, 11) is 0. The van der Waals surface area contributed by atoms with Gasteiger partial charge in [-0.25, -0.2) is 0 Å². The SMILES string of the molecule is C#C/C=C\C1=C(C)c2c(cccc2-n2c3c(c4cc(-c5ccc6c(c5)c5ccccc5n6-c5ccc6c7ccccc7c7ccccc7c6c5)ccc42)C=CCC3)OC1. The van der Waals surface area contributed by atoms with Crippen molar-refractivity contribution in [3.8, 4) is 40.6 Å². The maximum atomic E-state index is 6.32. The van der Waals surface area contributed by atoms with E-state index in [1.165, 1.54) is 93.0 Å². The van der Waals surface area contributed by atoms with Gasteiger partial charge in [0.05, 0.1) is 22.2 Å². The van der Waals surface area contributed by atoms with E-state index in [9.17, 15) is 0 Å². The number of hydrogen-bond donors (Lipinski definition) is 0. The molecule has 12 rings (SSSR count). The lowest BCUT2D eigenvalue weighted by atomic mass is 9.94. The molecule has 2 aromatic heterocycles. The molecule has 3 nitrogen and oxygen atoms in total. The first kappa shape index (κ1) is 33.6. The highest BCUT2D eigenvalue weighted by atomic mass is 16.5. The van der Waals surface area contributed by atoms with Crippen molar-refractivity contribution in [3.05, 3.63) is 186 Å². The Morgan fingerprint density at radius 2 is 1.24 bits per heavy atom. The number of fused-ring (bicyclic) bond motifs is 13. The first-order valence-electron chi connectivity index (χ1n) is 20.5. The standard InChI is InChI=1S/C56H38N2O/c1-3-4-14-38-34-59-55-24-13-23-54(56(55)35(38)2)58-51-22-12-10-20-46(51)49-32-37(26-30-53(49)58)36-25-29-52-48(31-36)45-19-9-11-21-50(45)57(52)39-27-28-44-42-17-6-5-15-40(42)41-16-7-8-18-43(41)47(44)33-39/h1,4-11,13-21,23-33H,12,22,34H2,2H3/b14-4-. The van der Waals surface area contributed by atoms with E-state index < -0.39 is 0 Å². The number of ether oxygens (including phenoxy) is 1. The maximum absolute atomic E-state index is 6.32. The summed E-state index contributed by atoms with van der Waals surface area (Å²) in [5.74, 6) is 3.56. The fourth-order valence-electron chi connectivity index (χ4n) is 10.1. The van der Waals surface area contributed by atoms with Crippen LogP contribution in [0.1, 0.15) is 30.2 Å². The van der Waals surface area contributed by atoms with Gasteiger partial charge < -0.3 is 13.9 Å². The second kappa shape index (κ2) is 13.0. The maximum Gasteiger partial charge on any atom is 0.129 e. The Morgan fingerprint density at radius 3 is 1.98 bits per heavy atom. The van der Waals surface area contributed by atoms with Gasteiger partial charge in [0.2, 0.25) is 0 Å². The van der Waals surface area contributed by atoms with E-state index in [0.717, 1.165) is 41.1 Å². The first-order chi connectivity index (χ1) is 29.2. The molecule has 0 unspecified atom stereocenters. The molecule has 3 heterocycles. The number of terminal acetylenes is 1. The van der Waals surface area contributed by atoms with E-state index in [0.29, 0.717) is 6.61 Å². The third-order valence-corrected chi connectivity index (χ3v) is 12.8. The third kappa shape index (κ3) is 4.97. The molecule has 3 heteroatoms. The van der Waals surface area contributed by atoms with Crippen LogP contribution in [-0.2, 0) is 6.42 Å². The monoisotopic (exact) mass is 754 g/mol. The Balaban J connectivity index is 1.03. The highest BCUT2D eigenvalue weighted by Gasteiger charge is 2.25. The van der Waals surface area contributed by atoms with Crippen molar-refractivity contribution in [2.24, 2.45) is 0 Å². The van der Waals surface area contributed by atoms with Crippen molar-refractivity contribution in [2.75, 3.05) is 6.61 Å². The van der Waals surface area contributed by atoms with Crippen LogP contribution in [0, 0.1) is 12.3 Å². The lowest BCUT2D eigenvalue weighted by molar-refractivity contribution is 0.349. The van der Waals surface area contributed by atoms with Crippen LogP contribution in [0.25, 0.3) is 99.2 Å². The summed E-state index contributed by atoms with van der Waals surface area (Å²) in [4.78, 5) is 0. The zero-order valence-electron chi connectivity index (χ0n) is 32.7. The molecule has 2 aliphatic rings. The molecule has 0 atom stereocenters. The molecule has 1 aliphatic carbocycles. The van der Waals surface area contributed by atoms with Crippen molar-refractivity contribution in [3.63, 3.8) is 0 Å². The fraction of sp³-hybridized carbons (Fsp3) is 0.0714. The summed E-state index contributed by atoms with van der Waals surface area (Å²) in [5, 5.41) is 11.4. The number of para-hydroxylation sites is 1. The molecule has 0 bridgehead atoms. The van der Waals surface area contributed by atoms with Gasteiger partial charge in [0.15, 0.2) is 0 Å². The number of allylic oxidation sites excluding steroid dienone is 3. The number of aromatic nitrogens is 2. The van der Waals surface area contributed by atoms with Gasteiger partial charge in [-0.05, 0) is 141 Å². The van der Waals surface area contributed by atoms with Crippen molar-refractivity contribution in [2.45, 2.75) is 19.8 Å². The van der Waals surface area contributed by atoms with E-state index in [-0.39, 0.29) is 0 Å². The average Bonchev–Trinajstić information content (AvgIpc) is 3.81. The molecule has 0 saturated heterocycles. The molecular formula is C56H38N2O. The van der Waals surface area contributed by atoms with Crippen LogP contribution in [0.4, 0.5) is 0 Å². The van der Waals surface area contributed by atoms with Crippen molar-refractivity contribution < 1.29 is 4.74 Å². The molecule has 1 aliphatic heterocycles. The number of benzene rings is 8. The predicted octanol–water partition coefficient (Wildman–Crippen LogP) is 14.2. The smallest absolute Gasteiger partial charge is 0.129 e. The molecule has 10 aromatic rings. The molecule has 0 amide bonds. The van der Waals surface area contributed by atoms with Crippen molar-refractivity contribution >= 4 is 76.7 Å². The number of nitrogens with zero attached hydrogens (tertiary/aromatic N) is 2. The van der Waals surface area contributed by atoms with E-state index >= 15 is 0 Å². The van der Waals surface area contributed by atoms with Gasteiger partial charge in [-0.2, -0.15) is 0 Å². The second-order valence-electron chi connectivity index (χ2n) is 15.9. The van der Waals surface area contributed by atoms with Crippen LogP contribution in [0.2, 0.25) is 0 Å². The molecule has 8 aromatic carbocycles. The van der Waals surface area contributed by atoms with Crippen LogP contribution in [0.5, 0.6) is 5.75 Å². The predicted molar refractivity (Wildman–Crippen MR) is 249 cm³/mol. The Hall–Kier alpha value is -7.54. The Kier molecular flexibility index (Phi) is 7.40. The lowest BCUT2D eigenvalue weighted by Crippen LogP contribution is -2.13. The van der Waals surface area contributed by atoms with E-state index in [1.54, 1.807) is 6.08 Å². The van der Waals surface area contributed by atoms with Gasteiger partial charge >= 0.3 is 0 Å². The molecule has 59 heavy (non-hydrogen) atoms. The Morgan fingerprint density at radius 1 is 0.593 bits per heavy atom. The average molecular weight is 755 g/mol. The molecule has 278 valence electrons. The lowest BCUT2D eigenvalue weighted by Gasteiger charge is -2.25. The van der Waals surface area contributed by atoms with Crippen LogP contribution in [-0.4, -0.2) is 15.7 Å². The molecule has 0 fully saturated rings. The molecular weight excluding hydrogens is 717 g/mol. The summed E-state index contributed by atoms with van der Waals surface area (Å²) >= 11 is 0. The highest BCUT2D eigenvalue weighted by molar-refractivity contribution is 6.25. The van der Waals surface area contributed by atoms with Gasteiger partial charge in [0.1, 0.15) is 12.4 Å². The molecule has 0 saturated carbocycles. The fourth-order valence-corrected chi connectivity index (χ4v) is 10.1. The van der Waals surface area contributed by atoms with Crippen molar-refractivity contribution in [1.29, 1.82) is 0 Å². The summed E-state index contributed by atoms with van der Waals surface area (Å²) in [6.07, 6.45) is 16.0. The van der Waals surface area contributed by atoms with E-state index in [2.05, 4.69) is 180 Å². The van der Waals surface area contributed by atoms with Gasteiger partial charge in [-0.3, -0.25) is 0 Å². The highest BCUT2D eigenvalue weighted by Crippen LogP contribution is 2.44. The van der Waals surface area contributed by atoms with Gasteiger partial charge in [-0.1, -0.05) is 109 Å². The van der Waals surface area contributed by atoms with Crippen LogP contribution in [0.3, 0.4) is 0 Å². The van der Waals surface area contributed by atoms with E-state index in [1.807, 2.05) is 6.08 Å². The zero-order chi connectivity index (χ0) is 39.2. The quantitative estimate of drug-likeness (QED) is 0.129. The molecule has 0 spiro atoms. The molecule has 0 radical (unpaired) electrons. The van der Waals surface area contributed by atoms with Gasteiger partial charge in [0, 0.05) is 38.7 Å². The normalized spacial score (nSPS) is 13.9.